The first-order chi connectivity index (χ1) is 6.68. The summed E-state index contributed by atoms with van der Waals surface area (Å²) >= 11 is 0. The molecule has 0 spiro atoms. The van der Waals surface area contributed by atoms with Crippen LogP contribution in [0.15, 0.2) is 0 Å². The maximum absolute atomic E-state index is 14.1. The van der Waals surface area contributed by atoms with Gasteiger partial charge in [0.2, 0.25) is 0 Å². The highest BCUT2D eigenvalue weighted by molar-refractivity contribution is 5.61. The quantitative estimate of drug-likeness (QED) is 0.649. The normalized spacial score (nSPS) is 11.9. The second-order valence-corrected chi connectivity index (χ2v) is 5.23. The van der Waals surface area contributed by atoms with Gasteiger partial charge < -0.3 is 5.73 Å². The Morgan fingerprint density at radius 2 is 1.40 bits per heavy atom. The molecule has 1 nitrogen and oxygen atoms in total. The average molecular weight is 209 g/mol. The molecule has 0 unspecified atom stereocenters. The highest BCUT2D eigenvalue weighted by atomic mass is 19.1. The molecule has 1 aromatic carbocycles. The van der Waals surface area contributed by atoms with Crippen LogP contribution < -0.4 is 5.73 Å². The predicted molar refractivity (Wildman–Crippen MR) is 63.7 cm³/mol. The SMILES string of the molecule is Cc1c(C)c(N)c(C(C)(C)C)c(F)c1C. The second-order valence-electron chi connectivity index (χ2n) is 5.23. The lowest BCUT2D eigenvalue weighted by Gasteiger charge is -2.25. The van der Waals surface area contributed by atoms with Crippen LogP contribution in [0.5, 0.6) is 0 Å². The number of halogens is 1. The number of benzene rings is 1. The Kier molecular flexibility index (Phi) is 2.81. The number of hydrogen-bond acceptors (Lipinski definition) is 1. The van der Waals surface area contributed by atoms with Crippen LogP contribution in [0.3, 0.4) is 0 Å². The molecule has 0 fully saturated rings. The van der Waals surface area contributed by atoms with E-state index in [4.69, 9.17) is 5.73 Å². The van der Waals surface area contributed by atoms with E-state index in [1.54, 1.807) is 0 Å². The topological polar surface area (TPSA) is 26.0 Å². The number of rotatable bonds is 0. The Hall–Kier alpha value is -1.05. The van der Waals surface area contributed by atoms with E-state index in [1.165, 1.54) is 0 Å². The second kappa shape index (κ2) is 3.51. The van der Waals surface area contributed by atoms with Gasteiger partial charge in [0.05, 0.1) is 0 Å². The van der Waals surface area contributed by atoms with E-state index in [2.05, 4.69) is 0 Å². The maximum Gasteiger partial charge on any atom is 0.132 e. The molecule has 0 radical (unpaired) electrons. The van der Waals surface area contributed by atoms with Crippen LogP contribution >= 0.6 is 0 Å². The van der Waals surface area contributed by atoms with Gasteiger partial charge in [0.15, 0.2) is 0 Å². The first-order valence-corrected chi connectivity index (χ1v) is 5.23. The largest absolute Gasteiger partial charge is 0.398 e. The average Bonchev–Trinajstić information content (AvgIpc) is 2.09. The molecule has 2 heteroatoms. The molecule has 0 heterocycles. The fourth-order valence-electron chi connectivity index (χ4n) is 1.87. The molecule has 0 atom stereocenters. The number of anilines is 1. The molecule has 84 valence electrons. The van der Waals surface area contributed by atoms with Crippen molar-refractivity contribution in [3.05, 3.63) is 28.1 Å². The van der Waals surface area contributed by atoms with Crippen molar-refractivity contribution in [2.24, 2.45) is 0 Å². The Morgan fingerprint density at radius 1 is 0.933 bits per heavy atom. The van der Waals surface area contributed by atoms with Crippen LogP contribution in [0.4, 0.5) is 10.1 Å². The number of nitrogen functional groups attached to an aromatic ring is 1. The molecule has 0 amide bonds. The van der Waals surface area contributed by atoms with Crippen LogP contribution in [-0.2, 0) is 5.41 Å². The minimum atomic E-state index is -0.253. The molecule has 0 aromatic heterocycles. The molecular weight excluding hydrogens is 189 g/mol. The van der Waals surface area contributed by atoms with E-state index in [1.807, 2.05) is 41.5 Å². The first kappa shape index (κ1) is 12.0. The highest BCUT2D eigenvalue weighted by Crippen LogP contribution is 2.35. The van der Waals surface area contributed by atoms with Gasteiger partial charge >= 0.3 is 0 Å². The molecule has 0 bridgehead atoms. The first-order valence-electron chi connectivity index (χ1n) is 5.23. The zero-order chi connectivity index (χ0) is 12.0. The Balaban J connectivity index is 3.68. The fourth-order valence-corrected chi connectivity index (χ4v) is 1.87. The van der Waals surface area contributed by atoms with E-state index >= 15 is 0 Å². The summed E-state index contributed by atoms with van der Waals surface area (Å²) in [7, 11) is 0. The Morgan fingerprint density at radius 3 is 1.80 bits per heavy atom. The standard InChI is InChI=1S/C13H20FN/c1-7-8(2)11(14)10(13(4,5)6)12(15)9(7)3/h15H2,1-6H3. The van der Waals surface area contributed by atoms with Crippen LogP contribution in [0, 0.1) is 26.6 Å². The maximum atomic E-state index is 14.1. The molecule has 0 saturated carbocycles. The smallest absolute Gasteiger partial charge is 0.132 e. The van der Waals surface area contributed by atoms with E-state index in [0.717, 1.165) is 11.1 Å². The van der Waals surface area contributed by atoms with Crippen molar-refractivity contribution < 1.29 is 4.39 Å². The van der Waals surface area contributed by atoms with Gasteiger partial charge in [-0.15, -0.1) is 0 Å². The highest BCUT2D eigenvalue weighted by Gasteiger charge is 2.25. The van der Waals surface area contributed by atoms with Gasteiger partial charge in [-0.25, -0.2) is 4.39 Å². The van der Waals surface area contributed by atoms with Crippen molar-refractivity contribution in [2.45, 2.75) is 47.0 Å². The van der Waals surface area contributed by atoms with Crippen molar-refractivity contribution in [3.8, 4) is 0 Å². The Labute approximate surface area is 91.5 Å². The van der Waals surface area contributed by atoms with E-state index in [0.29, 0.717) is 16.8 Å². The lowest BCUT2D eigenvalue weighted by atomic mass is 9.82. The summed E-state index contributed by atoms with van der Waals surface area (Å²) in [6.07, 6.45) is 0. The van der Waals surface area contributed by atoms with Gasteiger partial charge in [-0.3, -0.25) is 0 Å². The minimum Gasteiger partial charge on any atom is -0.398 e. The molecule has 0 aliphatic carbocycles. The van der Waals surface area contributed by atoms with E-state index in [-0.39, 0.29) is 11.2 Å². The monoisotopic (exact) mass is 209 g/mol. The molecule has 0 aliphatic rings. The number of hydrogen-bond donors (Lipinski definition) is 1. The molecule has 1 rings (SSSR count). The Bertz CT molecular complexity index is 371. The zero-order valence-corrected chi connectivity index (χ0v) is 10.5. The summed E-state index contributed by atoms with van der Waals surface area (Å²) in [5, 5.41) is 0. The molecule has 0 aliphatic heterocycles. The number of nitrogens with two attached hydrogens (primary N) is 1. The van der Waals surface area contributed by atoms with Crippen molar-refractivity contribution in [2.75, 3.05) is 5.73 Å². The van der Waals surface area contributed by atoms with Gasteiger partial charge in [0.1, 0.15) is 5.82 Å². The summed E-state index contributed by atoms with van der Waals surface area (Å²) < 4.78 is 14.1. The van der Waals surface area contributed by atoms with Gasteiger partial charge in [-0.1, -0.05) is 20.8 Å². The van der Waals surface area contributed by atoms with Crippen molar-refractivity contribution >= 4 is 5.69 Å². The summed E-state index contributed by atoms with van der Waals surface area (Å²) in [5.41, 5.74) is 9.66. The van der Waals surface area contributed by atoms with Crippen molar-refractivity contribution in [1.29, 1.82) is 0 Å². The lowest BCUT2D eigenvalue weighted by molar-refractivity contribution is 0.519. The van der Waals surface area contributed by atoms with Crippen LogP contribution in [-0.4, -0.2) is 0 Å². The molecule has 15 heavy (non-hydrogen) atoms. The van der Waals surface area contributed by atoms with Crippen molar-refractivity contribution in [1.82, 2.24) is 0 Å². The third-order valence-corrected chi connectivity index (χ3v) is 3.10. The van der Waals surface area contributed by atoms with E-state index < -0.39 is 0 Å². The van der Waals surface area contributed by atoms with E-state index in [9.17, 15) is 4.39 Å². The molecular formula is C13H20FN. The fraction of sp³-hybridized carbons (Fsp3) is 0.538. The van der Waals surface area contributed by atoms with Gasteiger partial charge in [-0.2, -0.15) is 0 Å². The van der Waals surface area contributed by atoms with Crippen LogP contribution in [0.2, 0.25) is 0 Å². The molecule has 0 saturated heterocycles. The lowest BCUT2D eigenvalue weighted by Crippen LogP contribution is -2.19. The summed E-state index contributed by atoms with van der Waals surface area (Å²) in [4.78, 5) is 0. The third-order valence-electron chi connectivity index (χ3n) is 3.10. The summed E-state index contributed by atoms with van der Waals surface area (Å²) in [6.45, 7) is 11.6. The minimum absolute atomic E-state index is 0.150. The summed E-state index contributed by atoms with van der Waals surface area (Å²) in [6, 6.07) is 0. The molecule has 1 aromatic rings. The van der Waals surface area contributed by atoms with Crippen LogP contribution in [0.1, 0.15) is 43.0 Å². The summed E-state index contributed by atoms with van der Waals surface area (Å²) in [5.74, 6) is -0.150. The molecule has 2 N–H and O–H groups in total. The predicted octanol–water partition coefficient (Wildman–Crippen LogP) is 3.63. The van der Waals surface area contributed by atoms with Gasteiger partial charge in [-0.05, 0) is 42.9 Å². The third kappa shape index (κ3) is 1.85. The van der Waals surface area contributed by atoms with Gasteiger partial charge in [0.25, 0.3) is 0 Å². The zero-order valence-electron chi connectivity index (χ0n) is 10.5. The van der Waals surface area contributed by atoms with Crippen molar-refractivity contribution in [3.63, 3.8) is 0 Å². The van der Waals surface area contributed by atoms with Gasteiger partial charge in [0, 0.05) is 11.3 Å². The van der Waals surface area contributed by atoms with Crippen LogP contribution in [0.25, 0.3) is 0 Å².